The number of ether oxygens (including phenoxy) is 1. The first-order chi connectivity index (χ1) is 8.20. The van der Waals surface area contributed by atoms with Crippen molar-refractivity contribution < 1.29 is 4.74 Å². The summed E-state index contributed by atoms with van der Waals surface area (Å²) in [6, 6.07) is 3.84. The Bertz CT molecular complexity index is 424. The molecule has 3 unspecified atom stereocenters. The minimum atomic E-state index is 0.234. The van der Waals surface area contributed by atoms with Crippen molar-refractivity contribution in [1.82, 2.24) is 4.98 Å². The van der Waals surface area contributed by atoms with Gasteiger partial charge in [0.25, 0.3) is 0 Å². The van der Waals surface area contributed by atoms with Crippen LogP contribution in [0.5, 0.6) is 5.75 Å². The number of hydrogen-bond donors (Lipinski definition) is 0. The first kappa shape index (κ1) is 11.9. The zero-order valence-corrected chi connectivity index (χ0v) is 10.4. The number of pyridine rings is 1. The van der Waals surface area contributed by atoms with E-state index in [1.807, 2.05) is 0 Å². The van der Waals surface area contributed by atoms with Crippen LogP contribution in [0, 0.1) is 23.2 Å². The van der Waals surface area contributed by atoms with E-state index in [0.717, 1.165) is 18.8 Å². The van der Waals surface area contributed by atoms with Crippen LogP contribution in [0.2, 0.25) is 0 Å². The Hall–Kier alpha value is -1.56. The SMILES string of the molecule is CC1CCC(Oc2cnccc2C#N)CC1C. The molecule has 0 radical (unpaired) electrons. The van der Waals surface area contributed by atoms with E-state index in [4.69, 9.17) is 10.00 Å². The second-order valence-electron chi connectivity index (χ2n) is 4.99. The molecule has 1 saturated carbocycles. The van der Waals surface area contributed by atoms with Crippen LogP contribution >= 0.6 is 0 Å². The molecule has 0 saturated heterocycles. The van der Waals surface area contributed by atoms with E-state index in [1.54, 1.807) is 18.5 Å². The van der Waals surface area contributed by atoms with Crippen LogP contribution in [0.3, 0.4) is 0 Å². The van der Waals surface area contributed by atoms with Crippen molar-refractivity contribution in [2.24, 2.45) is 11.8 Å². The third-order valence-electron chi connectivity index (χ3n) is 3.75. The van der Waals surface area contributed by atoms with Gasteiger partial charge < -0.3 is 4.74 Å². The summed E-state index contributed by atoms with van der Waals surface area (Å²) in [5.74, 6) is 2.09. The molecule has 1 fully saturated rings. The molecule has 3 heteroatoms. The molecule has 0 amide bonds. The van der Waals surface area contributed by atoms with E-state index in [0.29, 0.717) is 17.2 Å². The molecule has 1 aliphatic carbocycles. The van der Waals surface area contributed by atoms with Crippen LogP contribution < -0.4 is 4.74 Å². The number of rotatable bonds is 2. The highest BCUT2D eigenvalue weighted by Crippen LogP contribution is 2.32. The lowest BCUT2D eigenvalue weighted by Crippen LogP contribution is -2.29. The average Bonchev–Trinajstić information content (AvgIpc) is 2.34. The summed E-state index contributed by atoms with van der Waals surface area (Å²) in [7, 11) is 0. The van der Waals surface area contributed by atoms with Gasteiger partial charge in [0.05, 0.1) is 17.9 Å². The maximum atomic E-state index is 8.98. The second kappa shape index (κ2) is 5.18. The van der Waals surface area contributed by atoms with Crippen LogP contribution in [-0.2, 0) is 0 Å². The van der Waals surface area contributed by atoms with Crippen molar-refractivity contribution in [1.29, 1.82) is 5.26 Å². The molecular weight excluding hydrogens is 212 g/mol. The predicted octanol–water partition coefficient (Wildman–Crippen LogP) is 3.16. The Kier molecular flexibility index (Phi) is 3.63. The van der Waals surface area contributed by atoms with E-state index < -0.39 is 0 Å². The van der Waals surface area contributed by atoms with Crippen LogP contribution in [0.1, 0.15) is 38.7 Å². The number of hydrogen-bond acceptors (Lipinski definition) is 3. The number of nitrogens with zero attached hydrogens (tertiary/aromatic N) is 2. The van der Waals surface area contributed by atoms with Crippen molar-refractivity contribution in [3.8, 4) is 11.8 Å². The highest BCUT2D eigenvalue weighted by molar-refractivity contribution is 5.40. The monoisotopic (exact) mass is 230 g/mol. The van der Waals surface area contributed by atoms with Gasteiger partial charge in [0.1, 0.15) is 6.07 Å². The molecule has 1 aliphatic rings. The lowest BCUT2D eigenvalue weighted by Gasteiger charge is -2.32. The molecule has 0 aromatic carbocycles. The molecule has 1 heterocycles. The van der Waals surface area contributed by atoms with E-state index in [-0.39, 0.29) is 6.10 Å². The van der Waals surface area contributed by atoms with Gasteiger partial charge in [-0.25, -0.2) is 0 Å². The molecule has 0 N–H and O–H groups in total. The highest BCUT2D eigenvalue weighted by atomic mass is 16.5. The summed E-state index contributed by atoms with van der Waals surface area (Å²) < 4.78 is 5.91. The lowest BCUT2D eigenvalue weighted by atomic mass is 9.80. The lowest BCUT2D eigenvalue weighted by molar-refractivity contribution is 0.1000. The Balaban J connectivity index is 2.04. The summed E-state index contributed by atoms with van der Waals surface area (Å²) in [5, 5.41) is 8.98. The first-order valence-corrected chi connectivity index (χ1v) is 6.21. The van der Waals surface area contributed by atoms with Crippen molar-refractivity contribution in [3.05, 3.63) is 24.0 Å². The quantitative estimate of drug-likeness (QED) is 0.784. The highest BCUT2D eigenvalue weighted by Gasteiger charge is 2.26. The fraction of sp³-hybridized carbons (Fsp3) is 0.571. The summed E-state index contributed by atoms with van der Waals surface area (Å²) in [6.07, 6.45) is 6.84. The number of aromatic nitrogens is 1. The Morgan fingerprint density at radius 3 is 2.88 bits per heavy atom. The van der Waals surface area contributed by atoms with Gasteiger partial charge in [-0.15, -0.1) is 0 Å². The van der Waals surface area contributed by atoms with Gasteiger partial charge in [-0.05, 0) is 37.2 Å². The second-order valence-corrected chi connectivity index (χ2v) is 4.99. The fourth-order valence-electron chi connectivity index (χ4n) is 2.35. The zero-order chi connectivity index (χ0) is 12.3. The summed E-state index contributed by atoms with van der Waals surface area (Å²) in [6.45, 7) is 4.57. The molecular formula is C14H18N2O. The zero-order valence-electron chi connectivity index (χ0n) is 10.4. The normalized spacial score (nSPS) is 28.4. The summed E-state index contributed by atoms with van der Waals surface area (Å²) >= 11 is 0. The third-order valence-corrected chi connectivity index (χ3v) is 3.75. The number of nitriles is 1. The maximum absolute atomic E-state index is 8.98. The van der Waals surface area contributed by atoms with Gasteiger partial charge in [-0.2, -0.15) is 5.26 Å². The van der Waals surface area contributed by atoms with Crippen LogP contribution in [0.25, 0.3) is 0 Å². The standard InChI is InChI=1S/C14H18N2O/c1-10-3-4-13(7-11(10)2)17-14-9-16-6-5-12(14)8-15/h5-6,9-11,13H,3-4,7H2,1-2H3. The Morgan fingerprint density at radius 1 is 1.35 bits per heavy atom. The Labute approximate surface area is 102 Å². The third kappa shape index (κ3) is 2.76. The molecule has 1 aromatic heterocycles. The minimum Gasteiger partial charge on any atom is -0.487 e. The summed E-state index contributed by atoms with van der Waals surface area (Å²) in [5.41, 5.74) is 0.575. The van der Waals surface area contributed by atoms with Crippen molar-refractivity contribution in [2.75, 3.05) is 0 Å². The predicted molar refractivity (Wildman–Crippen MR) is 65.5 cm³/mol. The summed E-state index contributed by atoms with van der Waals surface area (Å²) in [4.78, 5) is 4.02. The van der Waals surface area contributed by atoms with Crippen molar-refractivity contribution in [2.45, 2.75) is 39.2 Å². The van der Waals surface area contributed by atoms with Gasteiger partial charge in [0, 0.05) is 6.20 Å². The van der Waals surface area contributed by atoms with E-state index >= 15 is 0 Å². The van der Waals surface area contributed by atoms with Gasteiger partial charge in [-0.1, -0.05) is 13.8 Å². The molecule has 1 aromatic rings. The van der Waals surface area contributed by atoms with Crippen LogP contribution in [0.15, 0.2) is 18.5 Å². The topological polar surface area (TPSA) is 45.9 Å². The molecule has 0 aliphatic heterocycles. The largest absolute Gasteiger partial charge is 0.487 e. The first-order valence-electron chi connectivity index (χ1n) is 6.21. The molecule has 90 valence electrons. The molecule has 3 atom stereocenters. The van der Waals surface area contributed by atoms with Gasteiger partial charge in [0.15, 0.2) is 5.75 Å². The van der Waals surface area contributed by atoms with Crippen molar-refractivity contribution >= 4 is 0 Å². The fourth-order valence-corrected chi connectivity index (χ4v) is 2.35. The molecule has 2 rings (SSSR count). The molecule has 17 heavy (non-hydrogen) atoms. The van der Waals surface area contributed by atoms with E-state index in [1.165, 1.54) is 6.42 Å². The van der Waals surface area contributed by atoms with Crippen LogP contribution in [0.4, 0.5) is 0 Å². The Morgan fingerprint density at radius 2 is 2.18 bits per heavy atom. The van der Waals surface area contributed by atoms with Crippen LogP contribution in [-0.4, -0.2) is 11.1 Å². The minimum absolute atomic E-state index is 0.234. The maximum Gasteiger partial charge on any atom is 0.155 e. The molecule has 3 nitrogen and oxygen atoms in total. The smallest absolute Gasteiger partial charge is 0.155 e. The van der Waals surface area contributed by atoms with Gasteiger partial charge in [-0.3, -0.25) is 4.98 Å². The van der Waals surface area contributed by atoms with Crippen molar-refractivity contribution in [3.63, 3.8) is 0 Å². The molecule has 0 spiro atoms. The van der Waals surface area contributed by atoms with E-state index in [9.17, 15) is 0 Å². The van der Waals surface area contributed by atoms with Gasteiger partial charge >= 0.3 is 0 Å². The molecule has 0 bridgehead atoms. The van der Waals surface area contributed by atoms with Gasteiger partial charge in [0.2, 0.25) is 0 Å². The average molecular weight is 230 g/mol. The van der Waals surface area contributed by atoms with E-state index in [2.05, 4.69) is 24.9 Å².